The lowest BCUT2D eigenvalue weighted by Gasteiger charge is -2.24. The van der Waals surface area contributed by atoms with Crippen LogP contribution in [0.1, 0.15) is 38.9 Å². The maximum atomic E-state index is 12.4. The van der Waals surface area contributed by atoms with Crippen molar-refractivity contribution in [2.24, 2.45) is 0 Å². The third-order valence-electron chi connectivity index (χ3n) is 5.85. The quantitative estimate of drug-likeness (QED) is 0.714. The molecule has 136 valence electrons. The Morgan fingerprint density at radius 3 is 2.81 bits per heavy atom. The molecule has 1 aliphatic heterocycles. The van der Waals surface area contributed by atoms with Crippen molar-refractivity contribution < 1.29 is 14.1 Å². The fourth-order valence-electron chi connectivity index (χ4n) is 4.48. The van der Waals surface area contributed by atoms with E-state index >= 15 is 0 Å². The molecule has 0 saturated carbocycles. The zero-order valence-electron chi connectivity index (χ0n) is 15.5. The number of amides is 1. The molecular weight excluding hydrogens is 338 g/mol. The van der Waals surface area contributed by atoms with E-state index in [1.165, 1.54) is 16.8 Å². The van der Waals surface area contributed by atoms with Crippen molar-refractivity contribution in [2.45, 2.75) is 32.1 Å². The Morgan fingerprint density at radius 1 is 1.19 bits per heavy atom. The minimum atomic E-state index is -0.0815. The Labute approximate surface area is 158 Å². The van der Waals surface area contributed by atoms with Crippen LogP contribution in [0, 0.1) is 6.92 Å². The van der Waals surface area contributed by atoms with Crippen LogP contribution in [0.2, 0.25) is 0 Å². The third kappa shape index (κ3) is 2.35. The standard InChI is InChI=1S/C22H21N3O2/c1-14-19-12-27-20-11-15-7-3-4-8-16(15)21(20)25(19)13-24(14)18-10-6-5-9-17(18)22(26)23-2/h3-10,13,20-21H,11-12H2,1-2H3/p+1/t20-,21+/m0/s1. The van der Waals surface area contributed by atoms with Gasteiger partial charge in [-0.1, -0.05) is 36.4 Å². The largest absolute Gasteiger partial charge is 0.364 e. The molecule has 0 fully saturated rings. The summed E-state index contributed by atoms with van der Waals surface area (Å²) < 4.78 is 10.7. The third-order valence-corrected chi connectivity index (χ3v) is 5.85. The Hall–Kier alpha value is -2.92. The van der Waals surface area contributed by atoms with Gasteiger partial charge in [0.15, 0.2) is 17.4 Å². The molecule has 2 heterocycles. The molecule has 1 aliphatic carbocycles. The summed E-state index contributed by atoms with van der Waals surface area (Å²) in [6.45, 7) is 2.69. The molecule has 5 heteroatoms. The van der Waals surface area contributed by atoms with Gasteiger partial charge in [0.1, 0.15) is 18.4 Å². The molecular formula is C22H22N3O2+. The Bertz CT molecular complexity index is 1050. The summed E-state index contributed by atoms with van der Waals surface area (Å²) in [6.07, 6.45) is 3.26. The number of rotatable bonds is 2. The topological polar surface area (TPSA) is 47.1 Å². The highest BCUT2D eigenvalue weighted by atomic mass is 16.5. The molecule has 0 saturated heterocycles. The number of fused-ring (bicyclic) bond motifs is 5. The zero-order valence-corrected chi connectivity index (χ0v) is 15.5. The molecule has 1 N–H and O–H groups in total. The molecule has 0 radical (unpaired) electrons. The van der Waals surface area contributed by atoms with E-state index in [1.54, 1.807) is 7.05 Å². The van der Waals surface area contributed by atoms with Crippen molar-refractivity contribution in [1.29, 1.82) is 0 Å². The monoisotopic (exact) mass is 360 g/mol. The second kappa shape index (κ2) is 6.06. The summed E-state index contributed by atoms with van der Waals surface area (Å²) in [6, 6.07) is 16.5. The number of benzene rings is 2. The number of para-hydroxylation sites is 1. The van der Waals surface area contributed by atoms with Gasteiger partial charge in [0.2, 0.25) is 6.33 Å². The van der Waals surface area contributed by atoms with Crippen LogP contribution in [0.5, 0.6) is 0 Å². The Balaban J connectivity index is 1.67. The lowest BCUT2D eigenvalue weighted by Crippen LogP contribution is -2.51. The van der Waals surface area contributed by atoms with E-state index in [0.29, 0.717) is 12.2 Å². The van der Waals surface area contributed by atoms with Crippen LogP contribution in [-0.4, -0.2) is 23.6 Å². The molecule has 0 unspecified atom stereocenters. The predicted octanol–water partition coefficient (Wildman–Crippen LogP) is 2.48. The van der Waals surface area contributed by atoms with E-state index in [9.17, 15) is 4.79 Å². The van der Waals surface area contributed by atoms with Gasteiger partial charge in [-0.25, -0.2) is 4.57 Å². The summed E-state index contributed by atoms with van der Waals surface area (Å²) in [7, 11) is 1.66. The summed E-state index contributed by atoms with van der Waals surface area (Å²) in [5.74, 6) is -0.0815. The van der Waals surface area contributed by atoms with Gasteiger partial charge in [0.05, 0.1) is 5.56 Å². The Kier molecular flexibility index (Phi) is 3.65. The summed E-state index contributed by atoms with van der Waals surface area (Å²) >= 11 is 0. The molecule has 0 spiro atoms. The number of nitrogens with one attached hydrogen (secondary N) is 1. The van der Waals surface area contributed by atoms with Crippen molar-refractivity contribution in [1.82, 2.24) is 9.88 Å². The highest BCUT2D eigenvalue weighted by molar-refractivity contribution is 5.97. The van der Waals surface area contributed by atoms with Gasteiger partial charge >= 0.3 is 0 Å². The average molecular weight is 360 g/mol. The van der Waals surface area contributed by atoms with Crippen LogP contribution in [0.4, 0.5) is 0 Å². The van der Waals surface area contributed by atoms with Gasteiger partial charge in [0.25, 0.3) is 5.91 Å². The first-order chi connectivity index (χ1) is 13.2. The summed E-state index contributed by atoms with van der Waals surface area (Å²) in [5, 5.41) is 2.74. The fourth-order valence-corrected chi connectivity index (χ4v) is 4.48. The SMILES string of the molecule is CNC(=O)c1ccccc1-n1c[n+]2c(c1C)CO[C@H]1Cc3ccccc3[C@H]12. The van der Waals surface area contributed by atoms with E-state index in [0.717, 1.165) is 17.8 Å². The smallest absolute Gasteiger partial charge is 0.255 e. The lowest BCUT2D eigenvalue weighted by atomic mass is 10.1. The molecule has 5 rings (SSSR count). The molecule has 2 aromatic carbocycles. The summed E-state index contributed by atoms with van der Waals surface area (Å²) in [4.78, 5) is 12.4. The van der Waals surface area contributed by atoms with Crippen molar-refractivity contribution >= 4 is 5.91 Å². The van der Waals surface area contributed by atoms with E-state index < -0.39 is 0 Å². The second-order valence-corrected chi connectivity index (χ2v) is 7.22. The number of hydrogen-bond acceptors (Lipinski definition) is 2. The van der Waals surface area contributed by atoms with Gasteiger partial charge in [-0.3, -0.25) is 4.79 Å². The normalized spacial score (nSPS) is 19.9. The van der Waals surface area contributed by atoms with Crippen molar-refractivity contribution in [3.8, 4) is 5.69 Å². The number of aromatic nitrogens is 2. The number of carbonyl (C=O) groups excluding carboxylic acids is 1. The van der Waals surface area contributed by atoms with Gasteiger partial charge in [-0.15, -0.1) is 0 Å². The molecule has 1 amide bonds. The minimum Gasteiger partial charge on any atom is -0.364 e. The van der Waals surface area contributed by atoms with Gasteiger partial charge in [0, 0.05) is 26.0 Å². The maximum Gasteiger partial charge on any atom is 0.255 e. The minimum absolute atomic E-state index is 0.0815. The van der Waals surface area contributed by atoms with Gasteiger partial charge in [-0.05, 0) is 17.7 Å². The Morgan fingerprint density at radius 2 is 1.96 bits per heavy atom. The van der Waals surface area contributed by atoms with Gasteiger partial charge in [-0.2, -0.15) is 4.57 Å². The van der Waals surface area contributed by atoms with Crippen LogP contribution < -0.4 is 9.88 Å². The number of ether oxygens (including phenoxy) is 1. The molecule has 0 bridgehead atoms. The molecule has 2 aliphatic rings. The first-order valence-corrected chi connectivity index (χ1v) is 9.32. The number of hydrogen-bond donors (Lipinski definition) is 1. The molecule has 2 atom stereocenters. The van der Waals surface area contributed by atoms with E-state index in [1.807, 2.05) is 24.3 Å². The van der Waals surface area contributed by atoms with Crippen LogP contribution in [0.15, 0.2) is 54.9 Å². The maximum absolute atomic E-state index is 12.4. The molecule has 3 aromatic rings. The van der Waals surface area contributed by atoms with Gasteiger partial charge < -0.3 is 10.1 Å². The zero-order chi connectivity index (χ0) is 18.5. The van der Waals surface area contributed by atoms with Crippen molar-refractivity contribution in [3.05, 3.63) is 82.9 Å². The van der Waals surface area contributed by atoms with E-state index in [4.69, 9.17) is 4.74 Å². The predicted molar refractivity (Wildman–Crippen MR) is 101 cm³/mol. The number of imidazole rings is 1. The molecule has 1 aromatic heterocycles. The summed E-state index contributed by atoms with van der Waals surface area (Å²) in [5.41, 5.74) is 6.53. The second-order valence-electron chi connectivity index (χ2n) is 7.22. The molecule has 27 heavy (non-hydrogen) atoms. The first-order valence-electron chi connectivity index (χ1n) is 9.32. The number of nitrogens with zero attached hydrogens (tertiary/aromatic N) is 2. The highest BCUT2D eigenvalue weighted by Gasteiger charge is 2.44. The van der Waals surface area contributed by atoms with Crippen molar-refractivity contribution in [2.75, 3.05) is 7.05 Å². The van der Waals surface area contributed by atoms with Crippen LogP contribution in [0.3, 0.4) is 0 Å². The first kappa shape index (κ1) is 16.3. The lowest BCUT2D eigenvalue weighted by molar-refractivity contribution is -0.738. The fraction of sp³-hybridized carbons (Fsp3) is 0.273. The van der Waals surface area contributed by atoms with E-state index in [-0.39, 0.29) is 18.1 Å². The van der Waals surface area contributed by atoms with E-state index in [2.05, 4.69) is 52.0 Å². The van der Waals surface area contributed by atoms with Crippen LogP contribution >= 0.6 is 0 Å². The molecule has 5 nitrogen and oxygen atoms in total. The van der Waals surface area contributed by atoms with Crippen LogP contribution in [0.25, 0.3) is 5.69 Å². The average Bonchev–Trinajstić information content (AvgIpc) is 3.25. The van der Waals surface area contributed by atoms with Crippen molar-refractivity contribution in [3.63, 3.8) is 0 Å². The van der Waals surface area contributed by atoms with Crippen LogP contribution in [-0.2, 0) is 17.8 Å². The highest BCUT2D eigenvalue weighted by Crippen LogP contribution is 2.37. The number of carbonyl (C=O) groups is 1.